The van der Waals surface area contributed by atoms with E-state index in [2.05, 4.69) is 10.1 Å². The fourth-order valence-electron chi connectivity index (χ4n) is 1.56. The van der Waals surface area contributed by atoms with E-state index in [4.69, 9.17) is 11.6 Å². The van der Waals surface area contributed by atoms with Gasteiger partial charge in [0, 0.05) is 18.3 Å². The molecule has 1 aromatic carbocycles. The quantitative estimate of drug-likeness (QED) is 0.297. The van der Waals surface area contributed by atoms with Crippen molar-refractivity contribution < 1.29 is 31.5 Å². The van der Waals surface area contributed by atoms with Crippen LogP contribution in [0.1, 0.15) is 5.56 Å². The van der Waals surface area contributed by atoms with E-state index in [1.54, 1.807) is 0 Å². The summed E-state index contributed by atoms with van der Waals surface area (Å²) in [6.45, 7) is -1.40. The molecule has 0 aliphatic carbocycles. The van der Waals surface area contributed by atoms with E-state index in [0.717, 1.165) is 29.4 Å². The van der Waals surface area contributed by atoms with Gasteiger partial charge in [-0.3, -0.25) is 4.79 Å². The Morgan fingerprint density at radius 2 is 2.04 bits per heavy atom. The molecule has 0 spiro atoms. The molecule has 0 unspecified atom stereocenters. The van der Waals surface area contributed by atoms with Crippen molar-refractivity contribution in [2.24, 2.45) is 11.6 Å². The number of carbonyl (C=O) groups is 1. The number of carbonyl (C=O) groups excluding carboxylic acids is 1. The highest BCUT2D eigenvalue weighted by atomic mass is 19.4. The van der Waals surface area contributed by atoms with Crippen molar-refractivity contribution >= 4 is 5.91 Å². The first-order valence-corrected chi connectivity index (χ1v) is 6.49. The van der Waals surface area contributed by atoms with Crippen LogP contribution >= 0.6 is 0 Å². The second-order valence-electron chi connectivity index (χ2n) is 4.49. The number of ether oxygens (including phenoxy) is 1. The predicted molar refractivity (Wildman–Crippen MR) is 74.1 cm³/mol. The van der Waals surface area contributed by atoms with Gasteiger partial charge in [0.15, 0.2) is 0 Å². The minimum absolute atomic E-state index is 0.195. The fraction of sp³-hybridized carbons (Fsp3) is 0.308. The van der Waals surface area contributed by atoms with E-state index in [0.29, 0.717) is 0 Å². The smallest absolute Gasteiger partial charge is 0.406 e. The molecule has 5 N–H and O–H groups in total. The third-order valence-corrected chi connectivity index (χ3v) is 2.60. The molecule has 11 heteroatoms. The summed E-state index contributed by atoms with van der Waals surface area (Å²) in [5.41, 5.74) is 4.78. The van der Waals surface area contributed by atoms with Crippen LogP contribution in [0.15, 0.2) is 30.1 Å². The van der Waals surface area contributed by atoms with Gasteiger partial charge in [-0.15, -0.1) is 13.2 Å². The first kappa shape index (κ1) is 19.5. The highest BCUT2D eigenvalue weighted by molar-refractivity contribution is 5.92. The average molecular weight is 354 g/mol. The lowest BCUT2D eigenvalue weighted by molar-refractivity contribution is -0.274. The number of hydrogen-bond acceptors (Lipinski definition) is 5. The molecular weight excluding hydrogens is 339 g/mol. The van der Waals surface area contributed by atoms with Crippen molar-refractivity contribution in [3.05, 3.63) is 41.5 Å². The molecule has 0 atom stereocenters. The van der Waals surface area contributed by atoms with Gasteiger partial charge in [-0.25, -0.2) is 14.6 Å². The normalized spacial score (nSPS) is 12.0. The zero-order chi connectivity index (χ0) is 18.3. The van der Waals surface area contributed by atoms with Gasteiger partial charge in [0.05, 0.1) is 6.54 Å². The Bertz CT molecular complexity index is 607. The van der Waals surface area contributed by atoms with E-state index >= 15 is 0 Å². The van der Waals surface area contributed by atoms with E-state index in [1.807, 2.05) is 0 Å². The highest BCUT2D eigenvalue weighted by Crippen LogP contribution is 2.24. The molecule has 1 amide bonds. The van der Waals surface area contributed by atoms with Gasteiger partial charge in [0.2, 0.25) is 0 Å². The van der Waals surface area contributed by atoms with Crippen molar-refractivity contribution in [2.45, 2.75) is 12.9 Å². The number of amides is 1. The maximum Gasteiger partial charge on any atom is 0.573 e. The molecule has 0 saturated carbocycles. The summed E-state index contributed by atoms with van der Waals surface area (Å²) in [5.74, 6) is 2.98. The SMILES string of the molecule is N/C(=C\N(N)CCF)C(=O)NCc1cc(OC(F)(F)F)ccc1F. The maximum absolute atomic E-state index is 13.6. The van der Waals surface area contributed by atoms with E-state index in [-0.39, 0.29) is 17.8 Å². The first-order chi connectivity index (χ1) is 11.1. The molecule has 134 valence electrons. The van der Waals surface area contributed by atoms with Crippen LogP contribution in [0.2, 0.25) is 0 Å². The van der Waals surface area contributed by atoms with Crippen LogP contribution in [0, 0.1) is 5.82 Å². The van der Waals surface area contributed by atoms with Crippen molar-refractivity contribution in [1.29, 1.82) is 0 Å². The van der Waals surface area contributed by atoms with Gasteiger partial charge >= 0.3 is 6.36 Å². The molecule has 0 radical (unpaired) electrons. The van der Waals surface area contributed by atoms with Gasteiger partial charge in [-0.2, -0.15) is 0 Å². The Hall–Kier alpha value is -2.56. The van der Waals surface area contributed by atoms with Crippen LogP contribution in [-0.4, -0.2) is 30.5 Å². The number of rotatable bonds is 7. The predicted octanol–water partition coefficient (Wildman–Crippen LogP) is 1.29. The number of nitrogens with one attached hydrogen (secondary N) is 1. The molecule has 0 aliphatic rings. The van der Waals surface area contributed by atoms with Crippen molar-refractivity contribution in [3.63, 3.8) is 0 Å². The average Bonchev–Trinajstić information content (AvgIpc) is 2.46. The number of halogens is 5. The number of nitrogens with zero attached hydrogens (tertiary/aromatic N) is 1. The Kier molecular flexibility index (Phi) is 6.77. The summed E-state index contributed by atoms with van der Waals surface area (Å²) < 4.78 is 65.6. The van der Waals surface area contributed by atoms with E-state index in [1.165, 1.54) is 0 Å². The van der Waals surface area contributed by atoms with Gasteiger partial charge in [0.25, 0.3) is 5.91 Å². The molecule has 0 aliphatic heterocycles. The Morgan fingerprint density at radius 1 is 1.38 bits per heavy atom. The monoisotopic (exact) mass is 354 g/mol. The molecular formula is C13H15F5N4O2. The van der Waals surface area contributed by atoms with Gasteiger partial charge in [-0.05, 0) is 18.2 Å². The second-order valence-corrected chi connectivity index (χ2v) is 4.49. The summed E-state index contributed by atoms with van der Waals surface area (Å²) >= 11 is 0. The number of alkyl halides is 4. The van der Waals surface area contributed by atoms with Crippen LogP contribution < -0.4 is 21.6 Å². The van der Waals surface area contributed by atoms with Crippen LogP contribution in [0.5, 0.6) is 5.75 Å². The van der Waals surface area contributed by atoms with Crippen LogP contribution in [0.4, 0.5) is 22.0 Å². The molecule has 0 saturated heterocycles. The minimum atomic E-state index is -4.92. The number of nitrogens with two attached hydrogens (primary N) is 2. The zero-order valence-electron chi connectivity index (χ0n) is 12.2. The third kappa shape index (κ3) is 6.69. The van der Waals surface area contributed by atoms with Crippen LogP contribution in [0.3, 0.4) is 0 Å². The topological polar surface area (TPSA) is 93.6 Å². The molecule has 0 aromatic heterocycles. The van der Waals surface area contributed by atoms with Gasteiger partial charge < -0.3 is 20.8 Å². The van der Waals surface area contributed by atoms with Crippen molar-refractivity contribution in [1.82, 2.24) is 10.3 Å². The van der Waals surface area contributed by atoms with Gasteiger partial charge in [0.1, 0.15) is 23.9 Å². The molecule has 0 bridgehead atoms. The summed E-state index contributed by atoms with van der Waals surface area (Å²) in [5, 5.41) is 3.03. The minimum Gasteiger partial charge on any atom is -0.406 e. The molecule has 24 heavy (non-hydrogen) atoms. The molecule has 1 rings (SSSR count). The Labute approximate surface area is 133 Å². The lowest BCUT2D eigenvalue weighted by Gasteiger charge is -2.13. The Balaban J connectivity index is 2.72. The van der Waals surface area contributed by atoms with Crippen LogP contribution in [-0.2, 0) is 11.3 Å². The number of benzene rings is 1. The largest absolute Gasteiger partial charge is 0.573 e. The summed E-state index contributed by atoms with van der Waals surface area (Å²) in [6, 6.07) is 2.36. The van der Waals surface area contributed by atoms with Crippen LogP contribution in [0.25, 0.3) is 0 Å². The van der Waals surface area contributed by atoms with Gasteiger partial charge in [-0.1, -0.05) is 0 Å². The lowest BCUT2D eigenvalue weighted by atomic mass is 10.2. The third-order valence-electron chi connectivity index (χ3n) is 2.60. The number of hydrazine groups is 1. The molecule has 0 fully saturated rings. The summed E-state index contributed by atoms with van der Waals surface area (Å²) in [4.78, 5) is 11.7. The molecule has 0 heterocycles. The summed E-state index contributed by atoms with van der Waals surface area (Å²) in [7, 11) is 0. The lowest BCUT2D eigenvalue weighted by Crippen LogP contribution is -2.33. The Morgan fingerprint density at radius 3 is 2.62 bits per heavy atom. The standard InChI is InChI=1S/C13H15F5N4O2/c14-3-4-22(20)7-11(19)12(23)21-6-8-5-9(1-2-10(8)15)24-13(16,17)18/h1-2,5,7H,3-4,6,19-20H2,(H,21,23)/b11-7-. The summed E-state index contributed by atoms with van der Waals surface area (Å²) in [6.07, 6.45) is -3.96. The van der Waals surface area contributed by atoms with Crippen molar-refractivity contribution in [3.8, 4) is 5.75 Å². The first-order valence-electron chi connectivity index (χ1n) is 6.49. The van der Waals surface area contributed by atoms with E-state index < -0.39 is 37.1 Å². The second kappa shape index (κ2) is 8.34. The zero-order valence-corrected chi connectivity index (χ0v) is 12.2. The molecule has 6 nitrogen and oxygen atoms in total. The molecule has 1 aromatic rings. The number of hydrogen-bond donors (Lipinski definition) is 3. The highest BCUT2D eigenvalue weighted by Gasteiger charge is 2.31. The van der Waals surface area contributed by atoms with E-state index in [9.17, 15) is 26.7 Å². The maximum atomic E-state index is 13.6. The fourth-order valence-corrected chi connectivity index (χ4v) is 1.56. The van der Waals surface area contributed by atoms with Crippen molar-refractivity contribution in [2.75, 3.05) is 13.2 Å².